The van der Waals surface area contributed by atoms with Crippen LogP contribution in [0.2, 0.25) is 0 Å². The van der Waals surface area contributed by atoms with E-state index in [9.17, 15) is 14.4 Å². The fourth-order valence-corrected chi connectivity index (χ4v) is 10.4. The zero-order valence-corrected chi connectivity index (χ0v) is 52.0. The molecule has 452 valence electrons. The molecule has 0 spiro atoms. The minimum Gasteiger partial charge on any atom is -0.462 e. The van der Waals surface area contributed by atoms with Gasteiger partial charge in [-0.25, -0.2) is 0 Å². The lowest BCUT2D eigenvalue weighted by molar-refractivity contribution is -0.167. The molecule has 0 heterocycles. The van der Waals surface area contributed by atoms with Gasteiger partial charge in [0.2, 0.25) is 0 Å². The highest BCUT2D eigenvalue weighted by atomic mass is 16.6. The van der Waals surface area contributed by atoms with Crippen LogP contribution in [-0.4, -0.2) is 37.2 Å². The topological polar surface area (TPSA) is 78.9 Å². The molecular formula is C71H132O6. The highest BCUT2D eigenvalue weighted by molar-refractivity contribution is 5.71. The first kappa shape index (κ1) is 74.6. The summed E-state index contributed by atoms with van der Waals surface area (Å²) < 4.78 is 16.9. The Labute approximate surface area is 480 Å². The Bertz CT molecular complexity index is 1290. The van der Waals surface area contributed by atoms with Crippen molar-refractivity contribution < 1.29 is 28.6 Å². The third kappa shape index (κ3) is 64.3. The molecule has 0 fully saturated rings. The molecule has 77 heavy (non-hydrogen) atoms. The molecule has 0 aromatic heterocycles. The second-order valence-corrected chi connectivity index (χ2v) is 23.4. The molecule has 0 radical (unpaired) electrons. The Morgan fingerprint density at radius 2 is 0.468 bits per heavy atom. The molecule has 0 saturated carbocycles. The van der Waals surface area contributed by atoms with Gasteiger partial charge in [-0.05, 0) is 77.0 Å². The zero-order chi connectivity index (χ0) is 55.7. The number of carbonyl (C=O) groups is 3. The summed E-state index contributed by atoms with van der Waals surface area (Å²) in [6.07, 6.45) is 82.0. The largest absolute Gasteiger partial charge is 0.462 e. The van der Waals surface area contributed by atoms with Crippen LogP contribution in [0.4, 0.5) is 0 Å². The van der Waals surface area contributed by atoms with Crippen LogP contribution in [0.15, 0.2) is 36.5 Å². The number of ether oxygens (including phenoxy) is 3. The molecule has 0 bridgehead atoms. The van der Waals surface area contributed by atoms with Crippen LogP contribution in [0.3, 0.4) is 0 Å². The van der Waals surface area contributed by atoms with E-state index < -0.39 is 6.10 Å². The Hall–Kier alpha value is -2.37. The minimum atomic E-state index is -0.768. The van der Waals surface area contributed by atoms with E-state index in [1.807, 2.05) is 0 Å². The highest BCUT2D eigenvalue weighted by Gasteiger charge is 2.19. The van der Waals surface area contributed by atoms with Crippen LogP contribution in [-0.2, 0) is 28.6 Å². The van der Waals surface area contributed by atoms with Crippen LogP contribution in [0.25, 0.3) is 0 Å². The molecule has 0 aromatic carbocycles. The van der Waals surface area contributed by atoms with Crippen LogP contribution >= 0.6 is 0 Å². The summed E-state index contributed by atoms with van der Waals surface area (Å²) in [6, 6.07) is 0. The lowest BCUT2D eigenvalue weighted by atomic mass is 10.0. The molecule has 1 atom stereocenters. The van der Waals surface area contributed by atoms with Gasteiger partial charge < -0.3 is 14.2 Å². The summed E-state index contributed by atoms with van der Waals surface area (Å²) in [5.41, 5.74) is 0. The molecule has 0 aromatic rings. The van der Waals surface area contributed by atoms with Gasteiger partial charge in [0.15, 0.2) is 6.10 Å². The van der Waals surface area contributed by atoms with Crippen molar-refractivity contribution in [3.05, 3.63) is 36.5 Å². The first-order valence-corrected chi connectivity index (χ1v) is 34.5. The van der Waals surface area contributed by atoms with E-state index in [-0.39, 0.29) is 31.1 Å². The van der Waals surface area contributed by atoms with E-state index in [1.165, 1.54) is 276 Å². The minimum absolute atomic E-state index is 0.0676. The van der Waals surface area contributed by atoms with Gasteiger partial charge in [-0.1, -0.05) is 320 Å². The van der Waals surface area contributed by atoms with Gasteiger partial charge in [0.1, 0.15) is 13.2 Å². The van der Waals surface area contributed by atoms with Crippen molar-refractivity contribution in [1.29, 1.82) is 0 Å². The second-order valence-electron chi connectivity index (χ2n) is 23.4. The zero-order valence-electron chi connectivity index (χ0n) is 52.0. The number of esters is 3. The number of carbonyl (C=O) groups excluding carboxylic acids is 3. The number of hydrogen-bond acceptors (Lipinski definition) is 6. The lowest BCUT2D eigenvalue weighted by Crippen LogP contribution is -2.30. The van der Waals surface area contributed by atoms with Crippen LogP contribution in [0, 0.1) is 0 Å². The van der Waals surface area contributed by atoms with E-state index >= 15 is 0 Å². The summed E-state index contributed by atoms with van der Waals surface area (Å²) in [7, 11) is 0. The fraction of sp³-hybridized carbons (Fsp3) is 0.873. The molecule has 0 N–H and O–H groups in total. The smallest absolute Gasteiger partial charge is 0.306 e. The quantitative estimate of drug-likeness (QED) is 0.0261. The molecule has 0 aliphatic heterocycles. The Morgan fingerprint density at radius 1 is 0.260 bits per heavy atom. The van der Waals surface area contributed by atoms with Crippen molar-refractivity contribution in [1.82, 2.24) is 0 Å². The number of hydrogen-bond donors (Lipinski definition) is 0. The molecule has 0 aliphatic carbocycles. The van der Waals surface area contributed by atoms with Crippen molar-refractivity contribution in [2.45, 2.75) is 386 Å². The molecule has 0 saturated heterocycles. The molecule has 0 rings (SSSR count). The highest BCUT2D eigenvalue weighted by Crippen LogP contribution is 2.18. The van der Waals surface area contributed by atoms with Crippen LogP contribution in [0.1, 0.15) is 380 Å². The maximum absolute atomic E-state index is 12.9. The molecular weight excluding hydrogens is 949 g/mol. The molecule has 6 nitrogen and oxygen atoms in total. The first-order valence-electron chi connectivity index (χ1n) is 34.5. The normalized spacial score (nSPS) is 12.2. The van der Waals surface area contributed by atoms with Gasteiger partial charge in [0.25, 0.3) is 0 Å². The summed E-state index contributed by atoms with van der Waals surface area (Å²) in [5.74, 6) is -0.851. The van der Waals surface area contributed by atoms with Crippen molar-refractivity contribution in [3.63, 3.8) is 0 Å². The Kier molecular flexibility index (Phi) is 64.1. The maximum atomic E-state index is 12.9. The maximum Gasteiger partial charge on any atom is 0.306 e. The van der Waals surface area contributed by atoms with E-state index in [0.29, 0.717) is 19.3 Å². The van der Waals surface area contributed by atoms with E-state index in [1.54, 1.807) is 0 Å². The van der Waals surface area contributed by atoms with Crippen molar-refractivity contribution >= 4 is 17.9 Å². The summed E-state index contributed by atoms with van der Waals surface area (Å²) in [5, 5.41) is 0. The third-order valence-corrected chi connectivity index (χ3v) is 15.6. The van der Waals surface area contributed by atoms with Crippen LogP contribution in [0.5, 0.6) is 0 Å². The van der Waals surface area contributed by atoms with Gasteiger partial charge in [0, 0.05) is 19.3 Å². The molecule has 0 aliphatic rings. The van der Waals surface area contributed by atoms with Crippen molar-refractivity contribution in [2.24, 2.45) is 0 Å². The van der Waals surface area contributed by atoms with E-state index in [0.717, 1.165) is 64.2 Å². The molecule has 6 heteroatoms. The van der Waals surface area contributed by atoms with Gasteiger partial charge >= 0.3 is 17.9 Å². The van der Waals surface area contributed by atoms with Gasteiger partial charge in [-0.2, -0.15) is 0 Å². The van der Waals surface area contributed by atoms with Gasteiger partial charge in [-0.3, -0.25) is 14.4 Å². The van der Waals surface area contributed by atoms with Crippen molar-refractivity contribution in [3.8, 4) is 0 Å². The Balaban J connectivity index is 4.04. The van der Waals surface area contributed by atoms with E-state index in [4.69, 9.17) is 14.2 Å². The third-order valence-electron chi connectivity index (χ3n) is 15.6. The van der Waals surface area contributed by atoms with Gasteiger partial charge in [-0.15, -0.1) is 0 Å². The predicted octanol–water partition coefficient (Wildman–Crippen LogP) is 23.6. The molecule has 1 unspecified atom stereocenters. The SMILES string of the molecule is CCCCCCC/C=C\C/C=C\CCCCCCCCCCCCCCCC(=O)OC(COC(=O)CCCCCCCCC)COC(=O)CCCCCCCCCCCCCCCCC/C=C\CCCCCCCCCC. The van der Waals surface area contributed by atoms with Crippen molar-refractivity contribution in [2.75, 3.05) is 13.2 Å². The average Bonchev–Trinajstić information content (AvgIpc) is 3.43. The first-order chi connectivity index (χ1) is 38.0. The summed E-state index contributed by atoms with van der Waals surface area (Å²) in [6.45, 7) is 6.65. The van der Waals surface area contributed by atoms with E-state index in [2.05, 4.69) is 57.2 Å². The number of unbranched alkanes of at least 4 members (excludes halogenated alkanes) is 47. The summed E-state index contributed by atoms with van der Waals surface area (Å²) >= 11 is 0. The Morgan fingerprint density at radius 3 is 0.727 bits per heavy atom. The fourth-order valence-electron chi connectivity index (χ4n) is 10.4. The monoisotopic (exact) mass is 1080 g/mol. The summed E-state index contributed by atoms with van der Waals surface area (Å²) in [4.78, 5) is 38.1. The number of allylic oxidation sites excluding steroid dienone is 6. The predicted molar refractivity (Wildman–Crippen MR) is 335 cm³/mol. The van der Waals surface area contributed by atoms with Gasteiger partial charge in [0.05, 0.1) is 0 Å². The lowest BCUT2D eigenvalue weighted by Gasteiger charge is -2.18. The second kappa shape index (κ2) is 66.1. The van der Waals surface area contributed by atoms with Crippen LogP contribution < -0.4 is 0 Å². The number of rotatable bonds is 64. The molecule has 0 amide bonds. The average molecular weight is 1080 g/mol. The standard InChI is InChI=1S/C71H132O6/c1-4-7-10-13-16-18-20-22-24-26-28-30-32-34-35-37-38-40-42-44-46-48-50-52-55-58-61-64-70(73)76-67-68(66-75-69(72)63-60-57-54-15-12-9-6-3)77-71(74)65-62-59-56-53-51-49-47-45-43-41-39-36-33-31-29-27-25-23-21-19-17-14-11-8-5-2/h21,23,26-29,68H,4-20,22,24-25,30-67H2,1-3H3/b23-21-,28-26-,29-27-.